The van der Waals surface area contributed by atoms with Crippen molar-refractivity contribution in [3.63, 3.8) is 0 Å². The van der Waals surface area contributed by atoms with Crippen molar-refractivity contribution in [3.05, 3.63) is 0 Å². The number of hydrogen-bond acceptors (Lipinski definition) is 3. The summed E-state index contributed by atoms with van der Waals surface area (Å²) >= 11 is 0. The normalized spacial score (nSPS) is 13.7. The molecule has 0 bridgehead atoms. The third-order valence-electron chi connectivity index (χ3n) is 2.39. The Bertz CT molecular complexity index is 167. The minimum absolute atomic E-state index is 0.166. The highest BCUT2D eigenvalue weighted by Gasteiger charge is 2.39. The van der Waals surface area contributed by atoms with Gasteiger partial charge in [-0.05, 0) is 32.2 Å². The van der Waals surface area contributed by atoms with Gasteiger partial charge < -0.3 is 13.6 Å². The van der Waals surface area contributed by atoms with Crippen molar-refractivity contribution in [2.75, 3.05) is 14.2 Å². The highest BCUT2D eigenvalue weighted by Crippen LogP contribution is 2.22. The van der Waals surface area contributed by atoms with Crippen LogP contribution in [0.1, 0.15) is 6.92 Å². The zero-order valence-corrected chi connectivity index (χ0v) is 12.5. The Morgan fingerprint density at radius 3 is 1.71 bits per heavy atom. The lowest BCUT2D eigenvalue weighted by Gasteiger charge is -2.36. The maximum atomic E-state index is 6.25. The molecule has 5 heteroatoms. The molecule has 0 saturated carbocycles. The predicted octanol–water partition coefficient (Wildman–Crippen LogP) is 2.59. The first-order valence-electron chi connectivity index (χ1n) is 5.05. The van der Waals surface area contributed by atoms with E-state index >= 15 is 0 Å². The largest absolute Gasteiger partial charge is 0.452 e. The Morgan fingerprint density at radius 1 is 1.00 bits per heavy atom. The molecule has 0 rings (SSSR count). The second-order valence-electron chi connectivity index (χ2n) is 4.62. The lowest BCUT2D eigenvalue weighted by atomic mass is 11.0. The second kappa shape index (κ2) is 5.41. The van der Waals surface area contributed by atoms with Crippen molar-refractivity contribution < 1.29 is 13.6 Å². The molecule has 3 nitrogen and oxygen atoms in total. The summed E-state index contributed by atoms with van der Waals surface area (Å²) in [6, 6.07) is 1.13. The van der Waals surface area contributed by atoms with Gasteiger partial charge in [0, 0.05) is 14.2 Å². The molecule has 0 radical (unpaired) electrons. The summed E-state index contributed by atoms with van der Waals surface area (Å²) in [5.41, 5.74) is 0. The molecule has 0 fully saturated rings. The van der Waals surface area contributed by atoms with Gasteiger partial charge in [-0.15, -0.1) is 0 Å². The lowest BCUT2D eigenvalue weighted by molar-refractivity contribution is -0.0575. The van der Waals surface area contributed by atoms with Crippen LogP contribution in [0.2, 0.25) is 32.2 Å². The number of hydrogen-bond donors (Lipinski definition) is 0. The van der Waals surface area contributed by atoms with Crippen molar-refractivity contribution in [2.24, 2.45) is 0 Å². The van der Waals surface area contributed by atoms with Crippen molar-refractivity contribution in [2.45, 2.75) is 45.1 Å². The second-order valence-corrected chi connectivity index (χ2v) is 13.3. The molecular formula is C9H24O3Si2. The molecule has 14 heavy (non-hydrogen) atoms. The summed E-state index contributed by atoms with van der Waals surface area (Å²) in [5, 5.41) is 0. The lowest BCUT2D eigenvalue weighted by Crippen LogP contribution is -2.53. The standard InChI is InChI=1S/C9H24O3Si2/c1-8-13(4,5)12-14(6,7)9(10-2)11-3/h9H,8H2,1-7H3. The summed E-state index contributed by atoms with van der Waals surface area (Å²) in [5.74, 6) is -0.166. The van der Waals surface area contributed by atoms with Gasteiger partial charge in [0.1, 0.15) is 0 Å². The molecule has 0 aliphatic carbocycles. The summed E-state index contributed by atoms with van der Waals surface area (Å²) in [6.45, 7) is 11.0. The van der Waals surface area contributed by atoms with Gasteiger partial charge in [0.25, 0.3) is 0 Å². The van der Waals surface area contributed by atoms with E-state index in [9.17, 15) is 0 Å². The minimum Gasteiger partial charge on any atom is -0.452 e. The first-order chi connectivity index (χ1) is 6.29. The molecular weight excluding hydrogens is 212 g/mol. The summed E-state index contributed by atoms with van der Waals surface area (Å²) < 4.78 is 16.8. The highest BCUT2D eigenvalue weighted by atomic mass is 28.4. The van der Waals surface area contributed by atoms with Gasteiger partial charge in [-0.2, -0.15) is 0 Å². The van der Waals surface area contributed by atoms with E-state index in [1.165, 1.54) is 0 Å². The van der Waals surface area contributed by atoms with Crippen molar-refractivity contribution >= 4 is 16.6 Å². The molecule has 0 aliphatic rings. The van der Waals surface area contributed by atoms with Crippen LogP contribution >= 0.6 is 0 Å². The first-order valence-corrected chi connectivity index (χ1v) is 11.1. The molecule has 0 atom stereocenters. The zero-order chi connectivity index (χ0) is 11.4. The molecule has 0 N–H and O–H groups in total. The molecule has 0 spiro atoms. The molecule has 0 heterocycles. The molecule has 0 aromatic rings. The van der Waals surface area contributed by atoms with Crippen LogP contribution in [0.25, 0.3) is 0 Å². The van der Waals surface area contributed by atoms with Gasteiger partial charge in [-0.25, -0.2) is 0 Å². The van der Waals surface area contributed by atoms with Crippen LogP contribution in [0, 0.1) is 0 Å². The molecule has 86 valence electrons. The maximum Gasteiger partial charge on any atom is 0.236 e. The monoisotopic (exact) mass is 236 g/mol. The fourth-order valence-corrected chi connectivity index (χ4v) is 9.29. The summed E-state index contributed by atoms with van der Waals surface area (Å²) in [7, 11) is -0.0314. The van der Waals surface area contributed by atoms with Crippen LogP contribution in [0.4, 0.5) is 0 Å². The average Bonchev–Trinajstić information content (AvgIpc) is 2.04. The Kier molecular flexibility index (Phi) is 5.53. The summed E-state index contributed by atoms with van der Waals surface area (Å²) in [4.78, 5) is 0. The fraction of sp³-hybridized carbons (Fsp3) is 1.00. The average molecular weight is 236 g/mol. The van der Waals surface area contributed by atoms with Gasteiger partial charge in [0.2, 0.25) is 8.32 Å². The predicted molar refractivity (Wildman–Crippen MR) is 64.3 cm³/mol. The maximum absolute atomic E-state index is 6.25. The zero-order valence-electron chi connectivity index (χ0n) is 10.5. The van der Waals surface area contributed by atoms with E-state index in [0.717, 1.165) is 6.04 Å². The van der Waals surface area contributed by atoms with E-state index in [4.69, 9.17) is 13.6 Å². The van der Waals surface area contributed by atoms with Gasteiger partial charge in [0.05, 0.1) is 0 Å². The molecule has 0 aliphatic heterocycles. The van der Waals surface area contributed by atoms with Crippen molar-refractivity contribution in [1.82, 2.24) is 0 Å². The van der Waals surface area contributed by atoms with Crippen LogP contribution in [0.5, 0.6) is 0 Å². The quantitative estimate of drug-likeness (QED) is 0.524. The van der Waals surface area contributed by atoms with Gasteiger partial charge in [-0.3, -0.25) is 0 Å². The number of ether oxygens (including phenoxy) is 2. The van der Waals surface area contributed by atoms with Crippen LogP contribution < -0.4 is 0 Å². The molecule has 0 aromatic carbocycles. The van der Waals surface area contributed by atoms with Gasteiger partial charge in [-0.1, -0.05) is 6.92 Å². The van der Waals surface area contributed by atoms with E-state index in [0.29, 0.717) is 0 Å². The minimum atomic E-state index is -1.87. The Hall–Kier alpha value is 0.314. The van der Waals surface area contributed by atoms with Crippen LogP contribution in [-0.2, 0) is 13.6 Å². The summed E-state index contributed by atoms with van der Waals surface area (Å²) in [6.07, 6.45) is 0. The van der Waals surface area contributed by atoms with Crippen LogP contribution in [0.3, 0.4) is 0 Å². The molecule has 0 unspecified atom stereocenters. The third-order valence-corrected chi connectivity index (χ3v) is 10.0. The van der Waals surface area contributed by atoms with Gasteiger partial charge in [0.15, 0.2) is 14.2 Å². The van der Waals surface area contributed by atoms with E-state index < -0.39 is 16.6 Å². The SMILES string of the molecule is CC[Si](C)(C)O[Si](C)(C)C(OC)OC. The van der Waals surface area contributed by atoms with E-state index in [2.05, 4.69) is 33.1 Å². The highest BCUT2D eigenvalue weighted by molar-refractivity contribution is 6.85. The molecule has 0 aromatic heterocycles. The van der Waals surface area contributed by atoms with Crippen LogP contribution in [-0.4, -0.2) is 36.8 Å². The molecule has 0 amide bonds. The fourth-order valence-electron chi connectivity index (χ4n) is 1.50. The third kappa shape index (κ3) is 4.23. The van der Waals surface area contributed by atoms with E-state index in [1.807, 2.05) is 0 Å². The topological polar surface area (TPSA) is 27.7 Å². The molecule has 0 saturated heterocycles. The Balaban J connectivity index is 4.45. The smallest absolute Gasteiger partial charge is 0.236 e. The first kappa shape index (κ1) is 14.3. The van der Waals surface area contributed by atoms with Gasteiger partial charge >= 0.3 is 0 Å². The van der Waals surface area contributed by atoms with Crippen molar-refractivity contribution in [3.8, 4) is 0 Å². The van der Waals surface area contributed by atoms with Crippen LogP contribution in [0.15, 0.2) is 0 Å². The van der Waals surface area contributed by atoms with E-state index in [-0.39, 0.29) is 5.91 Å². The Labute approximate surface area is 90.0 Å². The van der Waals surface area contributed by atoms with E-state index in [1.54, 1.807) is 14.2 Å². The van der Waals surface area contributed by atoms with Crippen molar-refractivity contribution in [1.29, 1.82) is 0 Å². The number of rotatable bonds is 6. The number of methoxy groups -OCH3 is 2. The Morgan fingerprint density at radius 2 is 1.43 bits per heavy atom.